The van der Waals surface area contributed by atoms with Crippen molar-refractivity contribution in [2.75, 3.05) is 26.3 Å². The fourth-order valence-corrected chi connectivity index (χ4v) is 4.61. The molecule has 0 atom stereocenters. The number of hydrogen-bond acceptors (Lipinski definition) is 3. The summed E-state index contributed by atoms with van der Waals surface area (Å²) in [7, 11) is 0. The molecular formula is C25H33ClN2O2. The predicted molar refractivity (Wildman–Crippen MR) is 123 cm³/mol. The van der Waals surface area contributed by atoms with E-state index in [0.29, 0.717) is 6.54 Å². The van der Waals surface area contributed by atoms with E-state index >= 15 is 0 Å². The van der Waals surface area contributed by atoms with Gasteiger partial charge in [-0.05, 0) is 48.9 Å². The second kappa shape index (κ2) is 10.4. The molecule has 4 nitrogen and oxygen atoms in total. The van der Waals surface area contributed by atoms with Crippen LogP contribution in [-0.4, -0.2) is 32.2 Å². The van der Waals surface area contributed by atoms with Gasteiger partial charge in [-0.1, -0.05) is 67.9 Å². The van der Waals surface area contributed by atoms with Gasteiger partial charge in [-0.15, -0.1) is 0 Å². The number of benzene rings is 2. The lowest BCUT2D eigenvalue weighted by Crippen LogP contribution is -2.50. The molecule has 1 fully saturated rings. The molecular weight excluding hydrogens is 396 g/mol. The molecule has 1 saturated heterocycles. The number of hydrogen-bond donors (Lipinski definition) is 2. The van der Waals surface area contributed by atoms with Crippen molar-refractivity contribution in [1.82, 2.24) is 10.6 Å². The van der Waals surface area contributed by atoms with E-state index in [0.717, 1.165) is 49.5 Å². The Morgan fingerprint density at radius 2 is 1.67 bits per heavy atom. The average molecular weight is 429 g/mol. The summed E-state index contributed by atoms with van der Waals surface area (Å²) >= 11 is 6.06. The first-order valence-corrected chi connectivity index (χ1v) is 11.3. The van der Waals surface area contributed by atoms with Crippen LogP contribution in [0.15, 0.2) is 54.6 Å². The van der Waals surface area contributed by atoms with Crippen molar-refractivity contribution in [3.05, 3.63) is 70.7 Å². The fourth-order valence-electron chi connectivity index (χ4n) is 4.48. The molecule has 1 amide bonds. The largest absolute Gasteiger partial charge is 0.381 e. The van der Waals surface area contributed by atoms with E-state index < -0.39 is 0 Å². The van der Waals surface area contributed by atoms with Gasteiger partial charge in [0.25, 0.3) is 0 Å². The average Bonchev–Trinajstić information content (AvgIpc) is 2.81. The Balaban J connectivity index is 1.64. The summed E-state index contributed by atoms with van der Waals surface area (Å²) in [5.41, 5.74) is 2.14. The van der Waals surface area contributed by atoms with Crippen molar-refractivity contribution in [3.8, 4) is 0 Å². The number of ether oxygens (including phenoxy) is 1. The molecule has 0 aromatic heterocycles. The predicted octanol–water partition coefficient (Wildman–Crippen LogP) is 4.81. The van der Waals surface area contributed by atoms with Crippen LogP contribution >= 0.6 is 11.6 Å². The summed E-state index contributed by atoms with van der Waals surface area (Å²) in [6, 6.07) is 18.4. The molecule has 0 unspecified atom stereocenters. The van der Waals surface area contributed by atoms with Crippen LogP contribution in [0.1, 0.15) is 50.7 Å². The van der Waals surface area contributed by atoms with Crippen molar-refractivity contribution < 1.29 is 9.53 Å². The van der Waals surface area contributed by atoms with Gasteiger partial charge in [0.05, 0.1) is 6.54 Å². The molecule has 0 bridgehead atoms. The zero-order chi connectivity index (χ0) is 21.5. The minimum Gasteiger partial charge on any atom is -0.381 e. The molecule has 0 radical (unpaired) electrons. The van der Waals surface area contributed by atoms with E-state index in [2.05, 4.69) is 48.7 Å². The third-order valence-electron chi connectivity index (χ3n) is 6.65. The Morgan fingerprint density at radius 1 is 1.03 bits per heavy atom. The summed E-state index contributed by atoms with van der Waals surface area (Å²) in [4.78, 5) is 12.8. The number of halogens is 1. The van der Waals surface area contributed by atoms with Gasteiger partial charge in [0, 0.05) is 35.7 Å². The van der Waals surface area contributed by atoms with Crippen LogP contribution in [0.25, 0.3) is 0 Å². The quantitative estimate of drug-likeness (QED) is 0.602. The molecule has 162 valence electrons. The highest BCUT2D eigenvalue weighted by atomic mass is 35.5. The summed E-state index contributed by atoms with van der Waals surface area (Å²) < 4.78 is 5.60. The number of carbonyl (C=O) groups excluding carboxylic acids is 1. The Hall–Kier alpha value is -1.88. The number of amides is 1. The molecule has 0 spiro atoms. The number of carbonyl (C=O) groups is 1. The van der Waals surface area contributed by atoms with Gasteiger partial charge in [-0.2, -0.15) is 0 Å². The summed E-state index contributed by atoms with van der Waals surface area (Å²) in [5.74, 6) is 0.0250. The molecule has 30 heavy (non-hydrogen) atoms. The molecule has 1 aliphatic rings. The fraction of sp³-hybridized carbons (Fsp3) is 0.480. The zero-order valence-electron chi connectivity index (χ0n) is 18.0. The smallest absolute Gasteiger partial charge is 0.234 e. The lowest BCUT2D eigenvalue weighted by molar-refractivity contribution is -0.121. The maximum Gasteiger partial charge on any atom is 0.234 e. The molecule has 0 saturated carbocycles. The minimum absolute atomic E-state index is 0.0250. The first-order chi connectivity index (χ1) is 14.5. The maximum absolute atomic E-state index is 12.8. The van der Waals surface area contributed by atoms with E-state index in [1.54, 1.807) is 0 Å². The monoisotopic (exact) mass is 428 g/mol. The first kappa shape index (κ1) is 22.8. The van der Waals surface area contributed by atoms with Crippen LogP contribution in [0.3, 0.4) is 0 Å². The van der Waals surface area contributed by atoms with E-state index in [-0.39, 0.29) is 23.4 Å². The third-order valence-corrected chi connectivity index (χ3v) is 6.90. The van der Waals surface area contributed by atoms with Gasteiger partial charge in [0.1, 0.15) is 0 Å². The lowest BCUT2D eigenvalue weighted by Gasteiger charge is -2.38. The zero-order valence-corrected chi connectivity index (χ0v) is 18.8. The van der Waals surface area contributed by atoms with E-state index in [1.807, 2.05) is 30.3 Å². The maximum atomic E-state index is 12.8. The van der Waals surface area contributed by atoms with Crippen LogP contribution in [-0.2, 0) is 20.5 Å². The number of rotatable bonds is 9. The Morgan fingerprint density at radius 3 is 2.27 bits per heavy atom. The van der Waals surface area contributed by atoms with E-state index in [9.17, 15) is 4.79 Å². The Bertz CT molecular complexity index is 798. The third kappa shape index (κ3) is 5.23. The van der Waals surface area contributed by atoms with Gasteiger partial charge in [-0.3, -0.25) is 10.1 Å². The summed E-state index contributed by atoms with van der Waals surface area (Å²) in [6.45, 7) is 6.67. The van der Waals surface area contributed by atoms with Crippen molar-refractivity contribution in [3.63, 3.8) is 0 Å². The highest BCUT2D eigenvalue weighted by molar-refractivity contribution is 6.30. The first-order valence-electron chi connectivity index (χ1n) is 10.9. The van der Waals surface area contributed by atoms with Crippen LogP contribution < -0.4 is 10.6 Å². The normalized spacial score (nSPS) is 16.2. The van der Waals surface area contributed by atoms with Crippen molar-refractivity contribution in [2.24, 2.45) is 0 Å². The summed E-state index contributed by atoms with van der Waals surface area (Å²) in [5, 5.41) is 7.45. The molecule has 2 aromatic rings. The second-order valence-electron chi connectivity index (χ2n) is 8.19. The SMILES string of the molecule is CCC(CC)(NCC(=O)NCC1(c2ccccc2)CCOCC1)c1ccc(Cl)cc1. The summed E-state index contributed by atoms with van der Waals surface area (Å²) in [6.07, 6.45) is 3.63. The van der Waals surface area contributed by atoms with Crippen molar-refractivity contribution in [1.29, 1.82) is 0 Å². The molecule has 2 N–H and O–H groups in total. The van der Waals surface area contributed by atoms with Gasteiger partial charge < -0.3 is 10.1 Å². The standard InChI is InChI=1S/C25H33ClN2O2/c1-3-25(4-2,21-10-12-22(26)13-11-21)28-18-23(29)27-19-24(14-16-30-17-15-24)20-8-6-5-7-9-20/h5-13,28H,3-4,14-19H2,1-2H3,(H,27,29). The molecule has 5 heteroatoms. The van der Waals surface area contributed by atoms with Crippen LogP contribution in [0.5, 0.6) is 0 Å². The van der Waals surface area contributed by atoms with Crippen LogP contribution in [0.4, 0.5) is 0 Å². The number of nitrogens with one attached hydrogen (secondary N) is 2. The highest BCUT2D eigenvalue weighted by Gasteiger charge is 2.35. The highest BCUT2D eigenvalue weighted by Crippen LogP contribution is 2.34. The van der Waals surface area contributed by atoms with Crippen molar-refractivity contribution >= 4 is 17.5 Å². The van der Waals surface area contributed by atoms with Crippen LogP contribution in [0, 0.1) is 0 Å². The second-order valence-corrected chi connectivity index (χ2v) is 8.62. The van der Waals surface area contributed by atoms with Gasteiger partial charge in [0.15, 0.2) is 0 Å². The molecule has 0 aliphatic carbocycles. The molecule has 2 aromatic carbocycles. The van der Waals surface area contributed by atoms with E-state index in [1.165, 1.54) is 5.56 Å². The van der Waals surface area contributed by atoms with E-state index in [4.69, 9.17) is 16.3 Å². The Kier molecular flexibility index (Phi) is 7.93. The van der Waals surface area contributed by atoms with Crippen molar-refractivity contribution in [2.45, 2.75) is 50.5 Å². The molecule has 1 aliphatic heterocycles. The Labute approximate surface area is 185 Å². The topological polar surface area (TPSA) is 50.4 Å². The van der Waals surface area contributed by atoms with Crippen LogP contribution in [0.2, 0.25) is 5.02 Å². The van der Waals surface area contributed by atoms with Gasteiger partial charge >= 0.3 is 0 Å². The molecule has 1 heterocycles. The van der Waals surface area contributed by atoms with Gasteiger partial charge in [-0.25, -0.2) is 0 Å². The lowest BCUT2D eigenvalue weighted by atomic mass is 9.74. The minimum atomic E-state index is -0.238. The van der Waals surface area contributed by atoms with Gasteiger partial charge in [0.2, 0.25) is 5.91 Å². The molecule has 3 rings (SSSR count).